The summed E-state index contributed by atoms with van der Waals surface area (Å²) in [5, 5.41) is 19.2. The second-order valence-electron chi connectivity index (χ2n) is 5.81. The van der Waals surface area contributed by atoms with Crippen LogP contribution in [0.1, 0.15) is 42.9 Å². The summed E-state index contributed by atoms with van der Waals surface area (Å²) < 4.78 is 29.6. The average molecular weight is 356 g/mol. The highest BCUT2D eigenvalue weighted by molar-refractivity contribution is 7.91. The third kappa shape index (κ3) is 3.18. The molecule has 0 amide bonds. The lowest BCUT2D eigenvalue weighted by molar-refractivity contribution is 0.261. The number of hydrogen-bond donors (Lipinski definition) is 2. The molecule has 0 aliphatic heterocycles. The minimum atomic E-state index is -3.43. The van der Waals surface area contributed by atoms with Crippen LogP contribution >= 0.6 is 11.3 Å². The number of aryl methyl sites for hydroxylation is 1. The fraction of sp³-hybridized carbons (Fsp3) is 0.571. The molecule has 0 radical (unpaired) electrons. The third-order valence-electron chi connectivity index (χ3n) is 4.11. The van der Waals surface area contributed by atoms with Gasteiger partial charge in [0.2, 0.25) is 10.0 Å². The van der Waals surface area contributed by atoms with Gasteiger partial charge in [-0.1, -0.05) is 0 Å². The zero-order chi connectivity index (χ0) is 16.6. The first-order valence-electron chi connectivity index (χ1n) is 7.55. The lowest BCUT2D eigenvalue weighted by Crippen LogP contribution is -2.43. The van der Waals surface area contributed by atoms with Crippen LogP contribution < -0.4 is 4.72 Å². The summed E-state index contributed by atoms with van der Waals surface area (Å²) in [6.45, 7) is 4.41. The summed E-state index contributed by atoms with van der Waals surface area (Å²) in [6.07, 6.45) is 1.40. The van der Waals surface area contributed by atoms with Crippen molar-refractivity contribution in [3.63, 3.8) is 0 Å². The van der Waals surface area contributed by atoms with Crippen LogP contribution in [0.3, 0.4) is 0 Å². The molecule has 0 bridgehead atoms. The van der Waals surface area contributed by atoms with Gasteiger partial charge >= 0.3 is 0 Å². The topological polar surface area (TPSA) is 97.1 Å². The highest BCUT2D eigenvalue weighted by Gasteiger charge is 2.37. The first-order valence-corrected chi connectivity index (χ1v) is 9.91. The number of rotatable bonds is 6. The number of thiophene rings is 1. The highest BCUT2D eigenvalue weighted by atomic mass is 32.2. The Morgan fingerprint density at radius 2 is 2.17 bits per heavy atom. The maximum Gasteiger partial charge on any atom is 0.250 e. The molecule has 23 heavy (non-hydrogen) atoms. The second kappa shape index (κ2) is 6.31. The Balaban J connectivity index is 1.64. The molecule has 1 fully saturated rings. The van der Waals surface area contributed by atoms with E-state index in [1.807, 2.05) is 23.8 Å². The Hall–Kier alpha value is -1.29. The van der Waals surface area contributed by atoms with E-state index in [9.17, 15) is 13.5 Å². The van der Waals surface area contributed by atoms with Gasteiger partial charge in [0, 0.05) is 18.5 Å². The quantitative estimate of drug-likeness (QED) is 0.815. The molecule has 0 aromatic carbocycles. The van der Waals surface area contributed by atoms with Crippen LogP contribution in [-0.2, 0) is 23.2 Å². The van der Waals surface area contributed by atoms with Crippen molar-refractivity contribution < 1.29 is 13.5 Å². The van der Waals surface area contributed by atoms with Crippen molar-refractivity contribution in [2.45, 2.75) is 56.0 Å². The van der Waals surface area contributed by atoms with Crippen LogP contribution in [0.25, 0.3) is 0 Å². The lowest BCUT2D eigenvalue weighted by Gasteiger charge is -2.34. The van der Waals surface area contributed by atoms with Gasteiger partial charge in [-0.2, -0.15) is 0 Å². The van der Waals surface area contributed by atoms with Gasteiger partial charge in [-0.15, -0.1) is 21.5 Å². The Labute approximate surface area is 139 Å². The standard InChI is InChI=1S/C14H20N4O3S2/c1-3-18-12(7-19)15-16-14(18)10-5-11(6-10)17-23(20,21)13-4-9(2)8-22-13/h4,8,10-11,17,19H,3,5-7H2,1-2H3. The number of hydrogen-bond acceptors (Lipinski definition) is 6. The molecule has 7 nitrogen and oxygen atoms in total. The third-order valence-corrected chi connectivity index (χ3v) is 7.19. The lowest BCUT2D eigenvalue weighted by atomic mass is 9.80. The number of sulfonamides is 1. The fourth-order valence-corrected chi connectivity index (χ4v) is 5.37. The first kappa shape index (κ1) is 16.6. The van der Waals surface area contributed by atoms with E-state index >= 15 is 0 Å². The highest BCUT2D eigenvalue weighted by Crippen LogP contribution is 2.37. The molecule has 1 saturated carbocycles. The monoisotopic (exact) mass is 356 g/mol. The van der Waals surface area contributed by atoms with Gasteiger partial charge in [-0.05, 0) is 43.7 Å². The second-order valence-corrected chi connectivity index (χ2v) is 8.66. The summed E-state index contributed by atoms with van der Waals surface area (Å²) in [6, 6.07) is 1.61. The van der Waals surface area contributed by atoms with E-state index in [-0.39, 0.29) is 18.6 Å². The molecule has 0 unspecified atom stereocenters. The zero-order valence-corrected chi connectivity index (χ0v) is 14.7. The number of aliphatic hydroxyl groups excluding tert-OH is 1. The maximum atomic E-state index is 12.3. The molecular formula is C14H20N4O3S2. The molecule has 1 aliphatic rings. The summed E-state index contributed by atoms with van der Waals surface area (Å²) in [5.41, 5.74) is 0.953. The van der Waals surface area contributed by atoms with E-state index in [1.165, 1.54) is 11.3 Å². The Morgan fingerprint density at radius 3 is 2.74 bits per heavy atom. The van der Waals surface area contributed by atoms with Crippen LogP contribution in [0, 0.1) is 6.92 Å². The molecular weight excluding hydrogens is 336 g/mol. The molecule has 126 valence electrons. The van der Waals surface area contributed by atoms with Crippen molar-refractivity contribution in [1.29, 1.82) is 0 Å². The Kier molecular flexibility index (Phi) is 4.54. The normalized spacial score (nSPS) is 21.3. The number of nitrogens with one attached hydrogen (secondary N) is 1. The van der Waals surface area contributed by atoms with E-state index in [0.29, 0.717) is 29.4 Å². The van der Waals surface area contributed by atoms with Crippen molar-refractivity contribution in [2.24, 2.45) is 0 Å². The summed E-state index contributed by atoms with van der Waals surface area (Å²) in [4.78, 5) is 0. The fourth-order valence-electron chi connectivity index (χ4n) is 2.86. The summed E-state index contributed by atoms with van der Waals surface area (Å²) in [7, 11) is -3.43. The summed E-state index contributed by atoms with van der Waals surface area (Å²) in [5.74, 6) is 1.57. The van der Waals surface area contributed by atoms with Crippen molar-refractivity contribution in [3.05, 3.63) is 28.7 Å². The van der Waals surface area contributed by atoms with Crippen LogP contribution in [0.2, 0.25) is 0 Å². The molecule has 2 N–H and O–H groups in total. The molecule has 0 saturated heterocycles. The predicted molar refractivity (Wildman–Crippen MR) is 86.8 cm³/mol. The maximum absolute atomic E-state index is 12.3. The minimum Gasteiger partial charge on any atom is -0.388 e. The van der Waals surface area contributed by atoms with E-state index in [0.717, 1.165) is 11.4 Å². The van der Waals surface area contributed by atoms with Gasteiger partial charge in [0.05, 0.1) is 0 Å². The van der Waals surface area contributed by atoms with Crippen molar-refractivity contribution in [2.75, 3.05) is 0 Å². The molecule has 2 aromatic rings. The zero-order valence-electron chi connectivity index (χ0n) is 13.1. The van der Waals surface area contributed by atoms with Crippen molar-refractivity contribution >= 4 is 21.4 Å². The van der Waals surface area contributed by atoms with Gasteiger partial charge in [-0.25, -0.2) is 13.1 Å². The van der Waals surface area contributed by atoms with Gasteiger partial charge < -0.3 is 9.67 Å². The SMILES string of the molecule is CCn1c(CO)nnc1C1CC(NS(=O)(=O)c2cc(C)cs2)C1. The van der Waals surface area contributed by atoms with Crippen molar-refractivity contribution in [3.8, 4) is 0 Å². The average Bonchev–Trinajstić information content (AvgIpc) is 3.08. The van der Waals surface area contributed by atoms with E-state index in [1.54, 1.807) is 6.07 Å². The van der Waals surface area contributed by atoms with Gasteiger partial charge in [0.1, 0.15) is 16.6 Å². The Bertz CT molecular complexity index is 791. The van der Waals surface area contributed by atoms with Crippen LogP contribution in [0.5, 0.6) is 0 Å². The van der Waals surface area contributed by atoms with Crippen LogP contribution in [0.4, 0.5) is 0 Å². The first-order chi connectivity index (χ1) is 10.9. The van der Waals surface area contributed by atoms with E-state index < -0.39 is 10.0 Å². The molecule has 2 heterocycles. The van der Waals surface area contributed by atoms with E-state index in [4.69, 9.17) is 0 Å². The molecule has 3 rings (SSSR count). The summed E-state index contributed by atoms with van der Waals surface area (Å²) >= 11 is 1.24. The molecule has 1 aliphatic carbocycles. The van der Waals surface area contributed by atoms with Crippen LogP contribution in [-0.4, -0.2) is 34.3 Å². The van der Waals surface area contributed by atoms with Gasteiger partial charge in [-0.3, -0.25) is 0 Å². The largest absolute Gasteiger partial charge is 0.388 e. The molecule has 2 aromatic heterocycles. The minimum absolute atomic E-state index is 0.0769. The molecule has 0 atom stereocenters. The van der Waals surface area contributed by atoms with Gasteiger partial charge in [0.15, 0.2) is 5.82 Å². The van der Waals surface area contributed by atoms with Crippen LogP contribution in [0.15, 0.2) is 15.7 Å². The number of nitrogens with zero attached hydrogens (tertiary/aromatic N) is 3. The van der Waals surface area contributed by atoms with Crippen molar-refractivity contribution in [1.82, 2.24) is 19.5 Å². The molecule has 9 heteroatoms. The number of aliphatic hydroxyl groups is 1. The van der Waals surface area contributed by atoms with Gasteiger partial charge in [0.25, 0.3) is 0 Å². The predicted octanol–water partition coefficient (Wildman–Crippen LogP) is 1.38. The Morgan fingerprint density at radius 1 is 1.43 bits per heavy atom. The number of aromatic nitrogens is 3. The smallest absolute Gasteiger partial charge is 0.250 e. The van der Waals surface area contributed by atoms with E-state index in [2.05, 4.69) is 14.9 Å². The molecule has 0 spiro atoms.